The van der Waals surface area contributed by atoms with Crippen LogP contribution in [0, 0.1) is 6.92 Å². The molecule has 0 heterocycles. The average molecular weight is 310 g/mol. The fourth-order valence-electron chi connectivity index (χ4n) is 2.29. The third-order valence-corrected chi connectivity index (χ3v) is 3.50. The molecule has 0 amide bonds. The first-order chi connectivity index (χ1) is 11.1. The molecule has 0 spiro atoms. The predicted molar refractivity (Wildman–Crippen MR) is 92.9 cm³/mol. The number of rotatable bonds is 7. The van der Waals surface area contributed by atoms with Crippen LogP contribution in [0.2, 0.25) is 0 Å². The molecule has 0 aliphatic carbocycles. The van der Waals surface area contributed by atoms with Gasteiger partial charge in [0, 0.05) is 17.7 Å². The SMILES string of the molecule is CCOCc1cc(/C=C/C(=O)c2cccc(C)c2)ccc1OC. The average Bonchev–Trinajstić information content (AvgIpc) is 2.57. The smallest absolute Gasteiger partial charge is 0.185 e. The van der Waals surface area contributed by atoms with Crippen molar-refractivity contribution >= 4 is 11.9 Å². The number of hydrogen-bond acceptors (Lipinski definition) is 3. The van der Waals surface area contributed by atoms with E-state index in [-0.39, 0.29) is 5.78 Å². The Morgan fingerprint density at radius 3 is 2.70 bits per heavy atom. The molecule has 0 saturated heterocycles. The van der Waals surface area contributed by atoms with Crippen LogP contribution in [0.5, 0.6) is 5.75 Å². The zero-order chi connectivity index (χ0) is 16.7. The van der Waals surface area contributed by atoms with Gasteiger partial charge in [-0.3, -0.25) is 4.79 Å². The Morgan fingerprint density at radius 1 is 1.17 bits per heavy atom. The van der Waals surface area contributed by atoms with Gasteiger partial charge in [-0.1, -0.05) is 35.9 Å². The molecular formula is C20H22O3. The van der Waals surface area contributed by atoms with E-state index >= 15 is 0 Å². The lowest BCUT2D eigenvalue weighted by Crippen LogP contribution is -1.97. The normalized spacial score (nSPS) is 10.9. The summed E-state index contributed by atoms with van der Waals surface area (Å²) >= 11 is 0. The Bertz CT molecular complexity index is 702. The molecule has 0 bridgehead atoms. The molecule has 2 rings (SSSR count). The predicted octanol–water partition coefficient (Wildman–Crippen LogP) is 4.44. The molecule has 2 aromatic rings. The van der Waals surface area contributed by atoms with E-state index < -0.39 is 0 Å². The second-order valence-electron chi connectivity index (χ2n) is 5.28. The summed E-state index contributed by atoms with van der Waals surface area (Å²) in [7, 11) is 1.64. The van der Waals surface area contributed by atoms with E-state index in [1.165, 1.54) is 0 Å². The number of allylic oxidation sites excluding steroid dienone is 1. The minimum Gasteiger partial charge on any atom is -0.496 e. The minimum atomic E-state index is -0.00382. The largest absolute Gasteiger partial charge is 0.496 e. The standard InChI is InChI=1S/C20H22O3/c1-4-23-14-18-13-16(9-11-20(18)22-3)8-10-19(21)17-7-5-6-15(2)12-17/h5-13H,4,14H2,1-3H3/b10-8+. The van der Waals surface area contributed by atoms with Gasteiger partial charge in [0.25, 0.3) is 0 Å². The van der Waals surface area contributed by atoms with E-state index in [9.17, 15) is 4.79 Å². The molecule has 2 aromatic carbocycles. The zero-order valence-corrected chi connectivity index (χ0v) is 13.8. The fraction of sp³-hybridized carbons (Fsp3) is 0.250. The Morgan fingerprint density at radius 2 is 2.00 bits per heavy atom. The first kappa shape index (κ1) is 17.0. The van der Waals surface area contributed by atoms with Crippen LogP contribution >= 0.6 is 0 Å². The maximum absolute atomic E-state index is 12.2. The molecule has 0 saturated carbocycles. The number of carbonyl (C=O) groups excluding carboxylic acids is 1. The topological polar surface area (TPSA) is 35.5 Å². The molecule has 23 heavy (non-hydrogen) atoms. The molecular weight excluding hydrogens is 288 g/mol. The lowest BCUT2D eigenvalue weighted by molar-refractivity contribution is 0.104. The summed E-state index contributed by atoms with van der Waals surface area (Å²) in [4.78, 5) is 12.2. The molecule has 0 aromatic heterocycles. The van der Waals surface area contributed by atoms with Crippen LogP contribution in [0.1, 0.15) is 34.0 Å². The van der Waals surface area contributed by atoms with Crippen molar-refractivity contribution in [3.05, 3.63) is 70.8 Å². The lowest BCUT2D eigenvalue weighted by atomic mass is 10.1. The molecule has 0 radical (unpaired) electrons. The lowest BCUT2D eigenvalue weighted by Gasteiger charge is -2.09. The van der Waals surface area contributed by atoms with Crippen LogP contribution < -0.4 is 4.74 Å². The summed E-state index contributed by atoms with van der Waals surface area (Å²) in [6, 6.07) is 13.4. The molecule has 0 unspecified atom stereocenters. The molecule has 3 nitrogen and oxygen atoms in total. The van der Waals surface area contributed by atoms with Crippen molar-refractivity contribution in [3.63, 3.8) is 0 Å². The van der Waals surface area contributed by atoms with Gasteiger partial charge < -0.3 is 9.47 Å². The van der Waals surface area contributed by atoms with Crippen LogP contribution in [0.25, 0.3) is 6.08 Å². The second-order valence-corrected chi connectivity index (χ2v) is 5.28. The van der Waals surface area contributed by atoms with Crippen molar-refractivity contribution < 1.29 is 14.3 Å². The number of carbonyl (C=O) groups is 1. The van der Waals surface area contributed by atoms with Gasteiger partial charge in [-0.05, 0) is 43.7 Å². The van der Waals surface area contributed by atoms with Crippen molar-refractivity contribution in [3.8, 4) is 5.75 Å². The highest BCUT2D eigenvalue weighted by Gasteiger charge is 2.05. The van der Waals surface area contributed by atoms with Crippen LogP contribution in [0.3, 0.4) is 0 Å². The molecule has 0 fully saturated rings. The van der Waals surface area contributed by atoms with Crippen molar-refractivity contribution in [1.82, 2.24) is 0 Å². The first-order valence-corrected chi connectivity index (χ1v) is 7.67. The van der Waals surface area contributed by atoms with Crippen molar-refractivity contribution in [2.45, 2.75) is 20.5 Å². The number of benzene rings is 2. The summed E-state index contributed by atoms with van der Waals surface area (Å²) in [5.41, 5.74) is 3.69. The van der Waals surface area contributed by atoms with E-state index in [2.05, 4.69) is 0 Å². The molecule has 3 heteroatoms. The highest BCUT2D eigenvalue weighted by molar-refractivity contribution is 6.06. The maximum atomic E-state index is 12.2. The van der Waals surface area contributed by atoms with E-state index in [4.69, 9.17) is 9.47 Å². The van der Waals surface area contributed by atoms with Crippen molar-refractivity contribution in [2.24, 2.45) is 0 Å². The van der Waals surface area contributed by atoms with Crippen molar-refractivity contribution in [1.29, 1.82) is 0 Å². The molecule has 0 atom stereocenters. The molecule has 0 aliphatic heterocycles. The third-order valence-electron chi connectivity index (χ3n) is 3.50. The van der Waals surface area contributed by atoms with Gasteiger partial charge in [0.15, 0.2) is 5.78 Å². The van der Waals surface area contributed by atoms with Crippen LogP contribution in [-0.4, -0.2) is 19.5 Å². The van der Waals surface area contributed by atoms with Gasteiger partial charge in [-0.25, -0.2) is 0 Å². The monoisotopic (exact) mass is 310 g/mol. The van der Waals surface area contributed by atoms with E-state index in [1.54, 1.807) is 13.2 Å². The molecule has 0 aliphatic rings. The summed E-state index contributed by atoms with van der Waals surface area (Å²) in [5, 5.41) is 0. The van der Waals surface area contributed by atoms with Crippen LogP contribution in [0.15, 0.2) is 48.5 Å². The highest BCUT2D eigenvalue weighted by Crippen LogP contribution is 2.21. The van der Waals surface area contributed by atoms with Gasteiger partial charge in [0.2, 0.25) is 0 Å². The maximum Gasteiger partial charge on any atom is 0.185 e. The van der Waals surface area contributed by atoms with E-state index in [1.807, 2.05) is 62.4 Å². The number of hydrogen-bond donors (Lipinski definition) is 0. The summed E-state index contributed by atoms with van der Waals surface area (Å²) in [5.74, 6) is 0.788. The molecule has 0 N–H and O–H groups in total. The Kier molecular flexibility index (Phi) is 6.12. The number of ether oxygens (including phenoxy) is 2. The zero-order valence-electron chi connectivity index (χ0n) is 13.8. The Labute approximate surface area is 137 Å². The Balaban J connectivity index is 2.17. The van der Waals surface area contributed by atoms with Gasteiger partial charge in [0.1, 0.15) is 5.75 Å². The van der Waals surface area contributed by atoms with Crippen LogP contribution in [-0.2, 0) is 11.3 Å². The number of aryl methyl sites for hydroxylation is 1. The number of methoxy groups -OCH3 is 1. The molecule has 120 valence electrons. The van der Waals surface area contributed by atoms with Gasteiger partial charge in [-0.2, -0.15) is 0 Å². The second kappa shape index (κ2) is 8.30. The minimum absolute atomic E-state index is 0.00382. The first-order valence-electron chi connectivity index (χ1n) is 7.67. The van der Waals surface area contributed by atoms with Gasteiger partial charge in [0.05, 0.1) is 13.7 Å². The summed E-state index contributed by atoms with van der Waals surface area (Å²) in [6.07, 6.45) is 3.42. The third kappa shape index (κ3) is 4.80. The number of ketones is 1. The van der Waals surface area contributed by atoms with Gasteiger partial charge >= 0.3 is 0 Å². The quantitative estimate of drug-likeness (QED) is 0.560. The van der Waals surface area contributed by atoms with Gasteiger partial charge in [-0.15, -0.1) is 0 Å². The summed E-state index contributed by atoms with van der Waals surface area (Å²) < 4.78 is 10.8. The van der Waals surface area contributed by atoms with E-state index in [0.717, 1.165) is 22.4 Å². The van der Waals surface area contributed by atoms with Crippen LogP contribution in [0.4, 0.5) is 0 Å². The Hall–Kier alpha value is -2.39. The fourth-order valence-corrected chi connectivity index (χ4v) is 2.29. The van der Waals surface area contributed by atoms with E-state index in [0.29, 0.717) is 18.8 Å². The highest BCUT2D eigenvalue weighted by atomic mass is 16.5. The van der Waals surface area contributed by atoms with Crippen molar-refractivity contribution in [2.75, 3.05) is 13.7 Å². The summed E-state index contributed by atoms with van der Waals surface area (Å²) in [6.45, 7) is 5.07.